The Kier molecular flexibility index (Phi) is 4.97. The maximum absolute atomic E-state index is 13.0. The Morgan fingerprint density at radius 3 is 2.74 bits per heavy atom. The van der Waals surface area contributed by atoms with Crippen LogP contribution < -0.4 is 0 Å². The third kappa shape index (κ3) is 3.61. The van der Waals surface area contributed by atoms with Gasteiger partial charge in [0.1, 0.15) is 5.65 Å². The smallest absolute Gasteiger partial charge is 0.247 e. The van der Waals surface area contributed by atoms with Gasteiger partial charge in [-0.25, -0.2) is 4.98 Å². The molecule has 1 fully saturated rings. The quantitative estimate of drug-likeness (QED) is 0.653. The number of amides is 1. The molecular weight excluding hydrogens is 360 g/mol. The van der Waals surface area contributed by atoms with Gasteiger partial charge in [-0.2, -0.15) is 0 Å². The van der Waals surface area contributed by atoms with Gasteiger partial charge in [-0.05, 0) is 30.8 Å². The van der Waals surface area contributed by atoms with Gasteiger partial charge in [0.25, 0.3) is 0 Å². The fraction of sp³-hybridized carbons (Fsp3) is 0.238. The zero-order valence-corrected chi connectivity index (χ0v) is 15.9. The third-order valence-electron chi connectivity index (χ3n) is 4.96. The van der Waals surface area contributed by atoms with Gasteiger partial charge < -0.3 is 9.80 Å². The van der Waals surface area contributed by atoms with Crippen molar-refractivity contribution in [3.8, 4) is 0 Å². The predicted octanol–water partition coefficient (Wildman–Crippen LogP) is 3.52. The van der Waals surface area contributed by atoms with E-state index in [2.05, 4.69) is 29.1 Å². The number of fused-ring (bicyclic) bond motifs is 1. The van der Waals surface area contributed by atoms with Crippen LogP contribution in [0.15, 0.2) is 60.8 Å². The van der Waals surface area contributed by atoms with Crippen LogP contribution in [0.4, 0.5) is 0 Å². The Labute approximate surface area is 163 Å². The number of carbonyl (C=O) groups is 1. The monoisotopic (exact) mass is 380 g/mol. The molecule has 1 unspecified atom stereocenters. The van der Waals surface area contributed by atoms with Gasteiger partial charge >= 0.3 is 0 Å². The summed E-state index contributed by atoms with van der Waals surface area (Å²) in [7, 11) is 2.09. The van der Waals surface area contributed by atoms with Crippen LogP contribution in [0, 0.1) is 0 Å². The van der Waals surface area contributed by atoms with E-state index >= 15 is 0 Å². The topological polar surface area (TPSA) is 40.8 Å². The molecule has 1 amide bonds. The Balaban J connectivity index is 1.60. The van der Waals surface area contributed by atoms with Crippen molar-refractivity contribution in [2.45, 2.75) is 6.04 Å². The van der Waals surface area contributed by atoms with E-state index in [1.54, 1.807) is 12.2 Å². The maximum Gasteiger partial charge on any atom is 0.247 e. The van der Waals surface area contributed by atoms with Crippen molar-refractivity contribution in [1.82, 2.24) is 19.2 Å². The van der Waals surface area contributed by atoms with E-state index in [0.717, 1.165) is 24.3 Å². The molecule has 1 aliphatic heterocycles. The molecule has 5 nitrogen and oxygen atoms in total. The van der Waals surface area contributed by atoms with Crippen LogP contribution in [0.1, 0.15) is 17.3 Å². The van der Waals surface area contributed by atoms with Crippen LogP contribution in [-0.2, 0) is 4.79 Å². The molecule has 1 saturated heterocycles. The summed E-state index contributed by atoms with van der Waals surface area (Å²) in [6.07, 6.45) is 5.25. The van der Waals surface area contributed by atoms with Crippen molar-refractivity contribution in [3.63, 3.8) is 0 Å². The second kappa shape index (κ2) is 7.55. The lowest BCUT2D eigenvalue weighted by molar-refractivity contribution is -0.130. The van der Waals surface area contributed by atoms with Crippen molar-refractivity contribution < 1.29 is 4.79 Å². The van der Waals surface area contributed by atoms with E-state index in [-0.39, 0.29) is 11.9 Å². The maximum atomic E-state index is 13.0. The van der Waals surface area contributed by atoms with E-state index in [1.165, 1.54) is 0 Å². The lowest BCUT2D eigenvalue weighted by atomic mass is 10.0. The molecule has 6 heteroatoms. The standard InChI is InChI=1S/C21H21ClN4O/c1-24-13-14-26(18(15-24)16-7-3-2-4-8-16)20(27)11-10-17-21(22)23-19-9-5-6-12-25(17)19/h2-12,18H,13-15H2,1H3/b11-10+. The Morgan fingerprint density at radius 2 is 1.93 bits per heavy atom. The molecule has 27 heavy (non-hydrogen) atoms. The van der Waals surface area contributed by atoms with Gasteiger partial charge in [-0.15, -0.1) is 0 Å². The first-order valence-electron chi connectivity index (χ1n) is 8.98. The SMILES string of the molecule is CN1CCN(C(=O)/C=C/c2c(Cl)nc3ccccn23)C(c2ccccc2)C1. The van der Waals surface area contributed by atoms with Crippen LogP contribution in [0.25, 0.3) is 11.7 Å². The molecule has 0 N–H and O–H groups in total. The van der Waals surface area contributed by atoms with Gasteiger partial charge in [-0.1, -0.05) is 48.0 Å². The average molecular weight is 381 g/mol. The summed E-state index contributed by atoms with van der Waals surface area (Å²) in [5, 5.41) is 0.392. The molecule has 1 atom stereocenters. The number of hydrogen-bond donors (Lipinski definition) is 0. The van der Waals surface area contributed by atoms with Crippen LogP contribution in [0.2, 0.25) is 5.15 Å². The van der Waals surface area contributed by atoms with Crippen LogP contribution in [0.5, 0.6) is 0 Å². The van der Waals surface area contributed by atoms with Gasteiger partial charge in [0.2, 0.25) is 5.91 Å². The summed E-state index contributed by atoms with van der Waals surface area (Å²) < 4.78 is 1.88. The first-order valence-corrected chi connectivity index (χ1v) is 9.36. The highest BCUT2D eigenvalue weighted by Gasteiger charge is 2.29. The normalized spacial score (nSPS) is 18.4. The van der Waals surface area contributed by atoms with Gasteiger partial charge in [-0.3, -0.25) is 9.20 Å². The number of carbonyl (C=O) groups excluding carboxylic acids is 1. The van der Waals surface area contributed by atoms with E-state index < -0.39 is 0 Å². The fourth-order valence-corrected chi connectivity index (χ4v) is 3.77. The summed E-state index contributed by atoms with van der Waals surface area (Å²) >= 11 is 6.27. The number of likely N-dealkylation sites (N-methyl/N-ethyl adjacent to an activating group) is 1. The minimum absolute atomic E-state index is 0.0149. The van der Waals surface area contributed by atoms with Gasteiger partial charge in [0.05, 0.1) is 11.7 Å². The summed E-state index contributed by atoms with van der Waals surface area (Å²) in [6.45, 7) is 2.37. The number of halogens is 1. The number of pyridine rings is 1. The molecule has 0 radical (unpaired) electrons. The molecule has 4 rings (SSSR count). The number of hydrogen-bond acceptors (Lipinski definition) is 3. The van der Waals surface area contributed by atoms with Crippen LogP contribution >= 0.6 is 11.6 Å². The molecular formula is C21H21ClN4O. The molecule has 2 aromatic heterocycles. The molecule has 138 valence electrons. The number of nitrogens with zero attached hydrogens (tertiary/aromatic N) is 4. The fourth-order valence-electron chi connectivity index (χ4n) is 3.52. The van der Waals surface area contributed by atoms with Gasteiger partial charge in [0, 0.05) is 31.9 Å². The van der Waals surface area contributed by atoms with Crippen LogP contribution in [0.3, 0.4) is 0 Å². The number of benzene rings is 1. The highest BCUT2D eigenvalue weighted by atomic mass is 35.5. The second-order valence-corrected chi connectivity index (χ2v) is 7.13. The molecule has 0 aliphatic carbocycles. The molecule has 1 aromatic carbocycles. The minimum Gasteiger partial charge on any atom is -0.330 e. The highest BCUT2D eigenvalue weighted by molar-refractivity contribution is 6.31. The molecule has 0 bridgehead atoms. The molecule has 0 spiro atoms. The Bertz CT molecular complexity index is 982. The van der Waals surface area contributed by atoms with Crippen molar-refractivity contribution in [2.75, 3.05) is 26.7 Å². The lowest BCUT2D eigenvalue weighted by Crippen LogP contribution is -2.48. The molecule has 3 aromatic rings. The zero-order chi connectivity index (χ0) is 18.8. The highest BCUT2D eigenvalue weighted by Crippen LogP contribution is 2.26. The van der Waals surface area contributed by atoms with Crippen LogP contribution in [-0.4, -0.2) is 51.8 Å². The van der Waals surface area contributed by atoms with E-state index in [4.69, 9.17) is 11.6 Å². The third-order valence-corrected chi connectivity index (χ3v) is 5.23. The average Bonchev–Trinajstić information content (AvgIpc) is 3.01. The van der Waals surface area contributed by atoms with Crippen molar-refractivity contribution in [2.24, 2.45) is 0 Å². The minimum atomic E-state index is -0.0149. The number of rotatable bonds is 3. The molecule has 3 heterocycles. The van der Waals surface area contributed by atoms with E-state index in [9.17, 15) is 4.79 Å². The van der Waals surface area contributed by atoms with Crippen molar-refractivity contribution >= 4 is 29.2 Å². The van der Waals surface area contributed by atoms with E-state index in [0.29, 0.717) is 17.4 Å². The van der Waals surface area contributed by atoms with Crippen molar-refractivity contribution in [1.29, 1.82) is 0 Å². The Hall–Kier alpha value is -2.63. The summed E-state index contributed by atoms with van der Waals surface area (Å²) in [5.74, 6) is -0.0149. The van der Waals surface area contributed by atoms with Gasteiger partial charge in [0.15, 0.2) is 5.15 Å². The number of imidazole rings is 1. The molecule has 1 aliphatic rings. The first-order chi connectivity index (χ1) is 13.1. The summed E-state index contributed by atoms with van der Waals surface area (Å²) in [6, 6.07) is 15.9. The summed E-state index contributed by atoms with van der Waals surface area (Å²) in [4.78, 5) is 21.5. The lowest BCUT2D eigenvalue weighted by Gasteiger charge is -2.39. The zero-order valence-electron chi connectivity index (χ0n) is 15.1. The van der Waals surface area contributed by atoms with E-state index in [1.807, 2.05) is 51.9 Å². The number of aromatic nitrogens is 2. The largest absolute Gasteiger partial charge is 0.330 e. The summed E-state index contributed by atoms with van der Waals surface area (Å²) in [5.41, 5.74) is 2.63. The second-order valence-electron chi connectivity index (χ2n) is 6.77. The molecule has 0 saturated carbocycles. The van der Waals surface area contributed by atoms with Crippen molar-refractivity contribution in [3.05, 3.63) is 77.2 Å². The predicted molar refractivity (Wildman–Crippen MR) is 108 cm³/mol. The number of piperazine rings is 1. The first kappa shape index (κ1) is 17.8. The Morgan fingerprint density at radius 1 is 1.15 bits per heavy atom.